The summed E-state index contributed by atoms with van der Waals surface area (Å²) < 4.78 is 5.62. The van der Waals surface area contributed by atoms with E-state index in [-0.39, 0.29) is 18.1 Å². The molecule has 3 fully saturated rings. The van der Waals surface area contributed by atoms with Gasteiger partial charge in [0.1, 0.15) is 0 Å². The van der Waals surface area contributed by atoms with Crippen molar-refractivity contribution in [2.75, 3.05) is 19.8 Å². The third kappa shape index (κ3) is 3.41. The monoisotopic (exact) mass is 329 g/mol. The van der Waals surface area contributed by atoms with E-state index in [0.29, 0.717) is 31.6 Å². The maximum Gasteiger partial charge on any atom is 0.318 e. The molecule has 1 N–H and O–H groups in total. The zero-order chi connectivity index (χ0) is 16.4. The predicted octanol–water partition coefficient (Wildman–Crippen LogP) is 3.13. The molecule has 3 aliphatic rings. The molecule has 1 aromatic heterocycles. The number of amides is 2. The van der Waals surface area contributed by atoms with Crippen molar-refractivity contribution in [3.05, 3.63) is 30.1 Å². The summed E-state index contributed by atoms with van der Waals surface area (Å²) in [7, 11) is 0. The molecule has 2 saturated carbocycles. The SMILES string of the molecule is O=C(N[C@H](c1ccccn1)C1CCCC1)N1CCOC[C@@H]1C1CC1. The molecule has 2 heterocycles. The molecule has 0 radical (unpaired) electrons. The smallest absolute Gasteiger partial charge is 0.318 e. The normalized spacial score (nSPS) is 26.3. The molecule has 2 atom stereocenters. The molecule has 24 heavy (non-hydrogen) atoms. The van der Waals surface area contributed by atoms with E-state index in [9.17, 15) is 4.79 Å². The Morgan fingerprint density at radius 1 is 1.25 bits per heavy atom. The lowest BCUT2D eigenvalue weighted by Crippen LogP contribution is -2.54. The quantitative estimate of drug-likeness (QED) is 0.923. The van der Waals surface area contributed by atoms with E-state index >= 15 is 0 Å². The molecule has 0 spiro atoms. The third-order valence-electron chi connectivity index (χ3n) is 5.75. The molecule has 5 nitrogen and oxygen atoms in total. The molecule has 0 unspecified atom stereocenters. The van der Waals surface area contributed by atoms with Crippen molar-refractivity contribution in [1.82, 2.24) is 15.2 Å². The third-order valence-corrected chi connectivity index (χ3v) is 5.75. The maximum absolute atomic E-state index is 13.0. The van der Waals surface area contributed by atoms with Gasteiger partial charge in [-0.2, -0.15) is 0 Å². The Morgan fingerprint density at radius 3 is 2.79 bits per heavy atom. The molecule has 0 aromatic carbocycles. The van der Waals surface area contributed by atoms with Crippen molar-refractivity contribution in [1.29, 1.82) is 0 Å². The number of aromatic nitrogens is 1. The summed E-state index contributed by atoms with van der Waals surface area (Å²) in [6.45, 7) is 2.04. The van der Waals surface area contributed by atoms with Crippen LogP contribution in [0, 0.1) is 11.8 Å². The van der Waals surface area contributed by atoms with Gasteiger partial charge in [-0.1, -0.05) is 18.9 Å². The van der Waals surface area contributed by atoms with Crippen molar-refractivity contribution in [2.45, 2.75) is 50.6 Å². The minimum absolute atomic E-state index is 0.0314. The Kier molecular flexibility index (Phi) is 4.69. The van der Waals surface area contributed by atoms with Gasteiger partial charge in [0.05, 0.1) is 31.0 Å². The number of ether oxygens (including phenoxy) is 1. The number of hydrogen-bond donors (Lipinski definition) is 1. The minimum Gasteiger partial charge on any atom is -0.377 e. The van der Waals surface area contributed by atoms with Gasteiger partial charge < -0.3 is 15.0 Å². The number of carbonyl (C=O) groups excluding carboxylic acids is 1. The van der Waals surface area contributed by atoms with Crippen LogP contribution in [0.3, 0.4) is 0 Å². The van der Waals surface area contributed by atoms with Crippen molar-refractivity contribution < 1.29 is 9.53 Å². The summed E-state index contributed by atoms with van der Waals surface area (Å²) in [5, 5.41) is 3.33. The zero-order valence-corrected chi connectivity index (χ0v) is 14.2. The number of nitrogens with zero attached hydrogens (tertiary/aromatic N) is 2. The number of nitrogens with one attached hydrogen (secondary N) is 1. The Labute approximate surface area is 143 Å². The first-order valence-corrected chi connectivity index (χ1v) is 9.39. The number of pyridine rings is 1. The van der Waals surface area contributed by atoms with Crippen LogP contribution in [0.15, 0.2) is 24.4 Å². The zero-order valence-electron chi connectivity index (χ0n) is 14.2. The summed E-state index contributed by atoms with van der Waals surface area (Å²) in [4.78, 5) is 19.6. The van der Waals surface area contributed by atoms with Gasteiger partial charge in [0.2, 0.25) is 0 Å². The lowest BCUT2D eigenvalue weighted by Gasteiger charge is -2.37. The Bertz CT molecular complexity index is 555. The topological polar surface area (TPSA) is 54.5 Å². The second kappa shape index (κ2) is 7.09. The van der Waals surface area contributed by atoms with Crippen LogP contribution in [0.4, 0.5) is 4.79 Å². The lowest BCUT2D eigenvalue weighted by atomic mass is 9.95. The fraction of sp³-hybridized carbons (Fsp3) is 0.684. The van der Waals surface area contributed by atoms with Gasteiger partial charge in [-0.15, -0.1) is 0 Å². The minimum atomic E-state index is 0.0314. The number of hydrogen-bond acceptors (Lipinski definition) is 3. The summed E-state index contributed by atoms with van der Waals surface area (Å²) >= 11 is 0. The summed E-state index contributed by atoms with van der Waals surface area (Å²) in [5.41, 5.74) is 0.994. The second-order valence-electron chi connectivity index (χ2n) is 7.40. The summed E-state index contributed by atoms with van der Waals surface area (Å²) in [5.74, 6) is 1.14. The van der Waals surface area contributed by atoms with Gasteiger partial charge in [0, 0.05) is 12.7 Å². The van der Waals surface area contributed by atoms with Crippen molar-refractivity contribution in [3.8, 4) is 0 Å². The molecule has 1 saturated heterocycles. The van der Waals surface area contributed by atoms with Crippen LogP contribution in [0.1, 0.15) is 50.3 Å². The second-order valence-corrected chi connectivity index (χ2v) is 7.40. The molecule has 130 valence electrons. The van der Waals surface area contributed by atoms with E-state index in [2.05, 4.69) is 10.3 Å². The van der Waals surface area contributed by atoms with Gasteiger partial charge >= 0.3 is 6.03 Å². The lowest BCUT2D eigenvalue weighted by molar-refractivity contribution is 0.00365. The van der Waals surface area contributed by atoms with E-state index in [0.717, 1.165) is 5.69 Å². The number of urea groups is 1. The first kappa shape index (κ1) is 15.9. The number of morpholine rings is 1. The van der Waals surface area contributed by atoms with Gasteiger partial charge in [-0.25, -0.2) is 4.79 Å². The van der Waals surface area contributed by atoms with Gasteiger partial charge in [0.25, 0.3) is 0 Å². The highest BCUT2D eigenvalue weighted by molar-refractivity contribution is 5.75. The van der Waals surface area contributed by atoms with E-state index in [4.69, 9.17) is 4.74 Å². The van der Waals surface area contributed by atoms with E-state index in [1.807, 2.05) is 29.3 Å². The Hall–Kier alpha value is -1.62. The Balaban J connectivity index is 1.49. The fourth-order valence-electron chi connectivity index (χ4n) is 4.25. The molecule has 1 aromatic rings. The highest BCUT2D eigenvalue weighted by atomic mass is 16.5. The average Bonchev–Trinajstić information content (AvgIpc) is 3.35. The highest BCUT2D eigenvalue weighted by Gasteiger charge is 2.40. The van der Waals surface area contributed by atoms with Crippen LogP contribution in [0.2, 0.25) is 0 Å². The van der Waals surface area contributed by atoms with E-state index in [1.165, 1.54) is 38.5 Å². The fourth-order valence-corrected chi connectivity index (χ4v) is 4.25. The van der Waals surface area contributed by atoms with Gasteiger partial charge in [-0.3, -0.25) is 4.98 Å². The van der Waals surface area contributed by atoms with Crippen LogP contribution in [-0.4, -0.2) is 41.7 Å². The van der Waals surface area contributed by atoms with Crippen LogP contribution >= 0.6 is 0 Å². The number of carbonyl (C=O) groups is 1. The average molecular weight is 329 g/mol. The highest BCUT2D eigenvalue weighted by Crippen LogP contribution is 2.38. The Morgan fingerprint density at radius 2 is 2.08 bits per heavy atom. The van der Waals surface area contributed by atoms with E-state index < -0.39 is 0 Å². The van der Waals surface area contributed by atoms with Gasteiger partial charge in [-0.05, 0) is 49.7 Å². The van der Waals surface area contributed by atoms with Crippen molar-refractivity contribution in [3.63, 3.8) is 0 Å². The molecule has 5 heteroatoms. The van der Waals surface area contributed by atoms with E-state index in [1.54, 1.807) is 0 Å². The molecular weight excluding hydrogens is 302 g/mol. The molecule has 1 aliphatic heterocycles. The van der Waals surface area contributed by atoms with Crippen molar-refractivity contribution in [2.24, 2.45) is 11.8 Å². The van der Waals surface area contributed by atoms with Gasteiger partial charge in [0.15, 0.2) is 0 Å². The van der Waals surface area contributed by atoms with Crippen LogP contribution in [-0.2, 0) is 4.74 Å². The van der Waals surface area contributed by atoms with Crippen LogP contribution in [0.5, 0.6) is 0 Å². The maximum atomic E-state index is 13.0. The number of rotatable bonds is 4. The molecule has 2 amide bonds. The van der Waals surface area contributed by atoms with Crippen LogP contribution in [0.25, 0.3) is 0 Å². The first-order chi connectivity index (χ1) is 11.8. The van der Waals surface area contributed by atoms with Crippen LogP contribution < -0.4 is 5.32 Å². The largest absolute Gasteiger partial charge is 0.377 e. The standard InChI is InChI=1S/C19H27N3O2/c23-19(22-11-12-24-13-17(22)14-8-9-14)21-18(15-5-1-2-6-15)16-7-3-4-10-20-16/h3-4,7,10,14-15,17-18H,1-2,5-6,8-9,11-13H2,(H,21,23)/t17-,18+/m1/s1. The molecule has 2 aliphatic carbocycles. The molecular formula is C19H27N3O2. The summed E-state index contributed by atoms with van der Waals surface area (Å²) in [6.07, 6.45) is 9.14. The summed E-state index contributed by atoms with van der Waals surface area (Å²) in [6, 6.07) is 6.34. The molecule has 4 rings (SSSR count). The first-order valence-electron chi connectivity index (χ1n) is 9.39. The van der Waals surface area contributed by atoms with Crippen molar-refractivity contribution >= 4 is 6.03 Å². The predicted molar refractivity (Wildman–Crippen MR) is 91.5 cm³/mol. The molecule has 0 bridgehead atoms.